The molecule has 8 nitrogen and oxygen atoms in total. The van der Waals surface area contributed by atoms with E-state index in [0.29, 0.717) is 28.3 Å². The standard InChI is InChI=1S/C24H23N3O5S/c1-15-12-21(22(31-2)14-19(15)16-4-3-5-16)27-20-8-7-18(13-17(20)6-9-23(27)28)33(29,30)26-24-25-10-11-32-24/h6-14,16H,3-5H2,1-2H3,(H,25,26). The van der Waals surface area contributed by atoms with Crippen LogP contribution in [0, 0.1) is 6.92 Å². The lowest BCUT2D eigenvalue weighted by atomic mass is 9.78. The number of fused-ring (bicyclic) bond motifs is 1. The lowest BCUT2D eigenvalue weighted by Crippen LogP contribution is -2.19. The number of sulfonamides is 1. The summed E-state index contributed by atoms with van der Waals surface area (Å²) in [5.41, 5.74) is 3.33. The first-order valence-electron chi connectivity index (χ1n) is 10.6. The summed E-state index contributed by atoms with van der Waals surface area (Å²) in [6.45, 7) is 2.05. The molecule has 2 heterocycles. The van der Waals surface area contributed by atoms with Crippen molar-refractivity contribution in [1.82, 2.24) is 9.55 Å². The summed E-state index contributed by atoms with van der Waals surface area (Å²) < 4.78 is 40.0. The van der Waals surface area contributed by atoms with E-state index in [9.17, 15) is 13.2 Å². The van der Waals surface area contributed by atoms with Gasteiger partial charge < -0.3 is 9.15 Å². The highest BCUT2D eigenvalue weighted by atomic mass is 32.2. The number of ether oxygens (including phenoxy) is 1. The van der Waals surface area contributed by atoms with Crippen molar-refractivity contribution in [3.63, 3.8) is 0 Å². The number of hydrogen-bond donors (Lipinski definition) is 1. The van der Waals surface area contributed by atoms with E-state index >= 15 is 0 Å². The molecule has 1 fully saturated rings. The summed E-state index contributed by atoms with van der Waals surface area (Å²) in [6.07, 6.45) is 6.19. The second-order valence-electron chi connectivity index (χ2n) is 8.18. The topological polar surface area (TPSA) is 103 Å². The number of pyridine rings is 1. The number of oxazole rings is 1. The number of methoxy groups -OCH3 is 1. The molecule has 4 aromatic rings. The molecule has 0 radical (unpaired) electrons. The normalized spacial score (nSPS) is 14.2. The highest BCUT2D eigenvalue weighted by Gasteiger charge is 2.24. The molecule has 1 N–H and O–H groups in total. The van der Waals surface area contributed by atoms with Crippen LogP contribution in [0.2, 0.25) is 0 Å². The third-order valence-corrected chi connectivity index (χ3v) is 7.50. The second-order valence-corrected chi connectivity index (χ2v) is 9.86. The number of anilines is 1. The first kappa shape index (κ1) is 21.3. The zero-order chi connectivity index (χ0) is 23.2. The summed E-state index contributed by atoms with van der Waals surface area (Å²) in [5.74, 6) is 1.14. The Balaban J connectivity index is 1.63. The van der Waals surface area contributed by atoms with Crippen molar-refractivity contribution < 1.29 is 17.6 Å². The van der Waals surface area contributed by atoms with Gasteiger partial charge in [0.05, 0.1) is 29.4 Å². The van der Waals surface area contributed by atoms with Crippen LogP contribution in [-0.2, 0) is 10.0 Å². The average molecular weight is 466 g/mol. The lowest BCUT2D eigenvalue weighted by molar-refractivity contribution is 0.400. The molecule has 170 valence electrons. The van der Waals surface area contributed by atoms with Gasteiger partial charge in [0, 0.05) is 11.5 Å². The van der Waals surface area contributed by atoms with Crippen LogP contribution in [0.4, 0.5) is 6.01 Å². The quantitative estimate of drug-likeness (QED) is 0.454. The molecule has 0 aliphatic heterocycles. The minimum absolute atomic E-state index is 0.0295. The number of rotatable bonds is 6. The van der Waals surface area contributed by atoms with Gasteiger partial charge in [-0.3, -0.25) is 9.36 Å². The SMILES string of the molecule is COc1cc(C2CCC2)c(C)cc1-n1c(=O)ccc2cc(S(=O)(=O)Nc3ncco3)ccc21. The van der Waals surface area contributed by atoms with Crippen LogP contribution in [0.25, 0.3) is 16.6 Å². The van der Waals surface area contributed by atoms with E-state index in [2.05, 4.69) is 9.71 Å². The fourth-order valence-electron chi connectivity index (χ4n) is 4.27. The van der Waals surface area contributed by atoms with Gasteiger partial charge in [-0.1, -0.05) is 6.42 Å². The van der Waals surface area contributed by atoms with Crippen molar-refractivity contribution >= 4 is 26.9 Å². The van der Waals surface area contributed by atoms with Gasteiger partial charge in [-0.05, 0) is 73.2 Å². The van der Waals surface area contributed by atoms with E-state index in [1.807, 2.05) is 19.1 Å². The molecule has 0 bridgehead atoms. The van der Waals surface area contributed by atoms with Gasteiger partial charge in [0.25, 0.3) is 15.6 Å². The number of hydrogen-bond acceptors (Lipinski definition) is 6. The van der Waals surface area contributed by atoms with Crippen molar-refractivity contribution in [2.45, 2.75) is 37.0 Å². The highest BCUT2D eigenvalue weighted by Crippen LogP contribution is 2.41. The fourth-order valence-corrected chi connectivity index (χ4v) is 5.25. The second kappa shape index (κ2) is 8.08. The van der Waals surface area contributed by atoms with Gasteiger partial charge in [-0.2, -0.15) is 0 Å². The van der Waals surface area contributed by atoms with Gasteiger partial charge in [-0.25, -0.2) is 18.1 Å². The van der Waals surface area contributed by atoms with E-state index in [1.54, 1.807) is 23.8 Å². The Bertz CT molecular complexity index is 1500. The van der Waals surface area contributed by atoms with Crippen LogP contribution >= 0.6 is 0 Å². The molecule has 9 heteroatoms. The monoisotopic (exact) mass is 465 g/mol. The Labute approximate surface area is 190 Å². The maximum absolute atomic E-state index is 12.9. The molecule has 1 aliphatic rings. The molecule has 1 saturated carbocycles. The summed E-state index contributed by atoms with van der Waals surface area (Å²) in [5, 5.41) is 0.590. The van der Waals surface area contributed by atoms with Crippen LogP contribution in [-0.4, -0.2) is 25.1 Å². The maximum atomic E-state index is 12.9. The minimum Gasteiger partial charge on any atom is -0.495 e. The number of benzene rings is 2. The van der Waals surface area contributed by atoms with Crippen LogP contribution in [0.15, 0.2) is 69.0 Å². The van der Waals surface area contributed by atoms with Crippen molar-refractivity contribution in [2.75, 3.05) is 11.8 Å². The summed E-state index contributed by atoms with van der Waals surface area (Å²) in [4.78, 5) is 16.8. The summed E-state index contributed by atoms with van der Waals surface area (Å²) in [7, 11) is -2.32. The highest BCUT2D eigenvalue weighted by molar-refractivity contribution is 7.92. The van der Waals surface area contributed by atoms with E-state index in [1.165, 1.54) is 42.6 Å². The Morgan fingerprint density at radius 3 is 2.64 bits per heavy atom. The maximum Gasteiger partial charge on any atom is 0.308 e. The largest absolute Gasteiger partial charge is 0.495 e. The van der Waals surface area contributed by atoms with Crippen molar-refractivity contribution in [1.29, 1.82) is 0 Å². The Kier molecular flexibility index (Phi) is 5.20. The molecule has 2 aromatic carbocycles. The molecule has 5 rings (SSSR count). The van der Waals surface area contributed by atoms with Gasteiger partial charge in [0.1, 0.15) is 12.0 Å². The average Bonchev–Trinajstić information content (AvgIpc) is 3.25. The lowest BCUT2D eigenvalue weighted by Gasteiger charge is -2.28. The van der Waals surface area contributed by atoms with Crippen LogP contribution in [0.1, 0.15) is 36.3 Å². The van der Waals surface area contributed by atoms with Crippen molar-refractivity contribution in [2.24, 2.45) is 0 Å². The summed E-state index contributed by atoms with van der Waals surface area (Å²) >= 11 is 0. The number of nitrogens with zero attached hydrogens (tertiary/aromatic N) is 2. The molecule has 0 amide bonds. The van der Waals surface area contributed by atoms with Crippen molar-refractivity contribution in [3.05, 3.63) is 76.4 Å². The molecular formula is C24H23N3O5S. The third-order valence-electron chi connectivity index (χ3n) is 6.18. The first-order chi connectivity index (χ1) is 15.9. The molecule has 0 spiro atoms. The van der Waals surface area contributed by atoms with Crippen LogP contribution < -0.4 is 15.0 Å². The number of aromatic nitrogens is 2. The van der Waals surface area contributed by atoms with Crippen LogP contribution in [0.3, 0.4) is 0 Å². The van der Waals surface area contributed by atoms with E-state index in [0.717, 1.165) is 18.4 Å². The minimum atomic E-state index is -3.91. The zero-order valence-electron chi connectivity index (χ0n) is 18.2. The van der Waals surface area contributed by atoms with Crippen molar-refractivity contribution in [3.8, 4) is 11.4 Å². The summed E-state index contributed by atoms with van der Waals surface area (Å²) in [6, 6.07) is 11.5. The predicted octanol–water partition coefficient (Wildman–Crippen LogP) is 4.36. The molecule has 2 aromatic heterocycles. The molecule has 0 saturated heterocycles. The molecule has 0 atom stereocenters. The fraction of sp³-hybridized carbons (Fsp3) is 0.250. The van der Waals surface area contributed by atoms with Gasteiger partial charge >= 0.3 is 6.01 Å². The van der Waals surface area contributed by atoms with Crippen LogP contribution in [0.5, 0.6) is 5.75 Å². The molecular weight excluding hydrogens is 442 g/mol. The molecule has 1 aliphatic carbocycles. The number of aryl methyl sites for hydroxylation is 1. The predicted molar refractivity (Wildman–Crippen MR) is 125 cm³/mol. The van der Waals surface area contributed by atoms with E-state index < -0.39 is 10.0 Å². The van der Waals surface area contributed by atoms with Gasteiger partial charge in [-0.15, -0.1) is 0 Å². The third kappa shape index (κ3) is 3.78. The molecule has 0 unspecified atom stereocenters. The van der Waals surface area contributed by atoms with Gasteiger partial charge in [0.15, 0.2) is 0 Å². The van der Waals surface area contributed by atoms with E-state index in [4.69, 9.17) is 9.15 Å². The Morgan fingerprint density at radius 1 is 1.15 bits per heavy atom. The smallest absolute Gasteiger partial charge is 0.308 e. The van der Waals surface area contributed by atoms with Gasteiger partial charge in [0.2, 0.25) is 0 Å². The molecule has 33 heavy (non-hydrogen) atoms. The Hall–Kier alpha value is -3.59. The zero-order valence-corrected chi connectivity index (χ0v) is 19.1. The van der Waals surface area contributed by atoms with E-state index in [-0.39, 0.29) is 16.5 Å². The Morgan fingerprint density at radius 2 is 1.97 bits per heavy atom. The number of nitrogens with one attached hydrogen (secondary N) is 1. The first-order valence-corrected chi connectivity index (χ1v) is 12.1.